The number of aliphatic hydroxyl groups is 1. The molecule has 0 aliphatic rings. The molecule has 1 N–H and O–H groups in total. The van der Waals surface area contributed by atoms with Gasteiger partial charge >= 0.3 is 0 Å². The molecule has 7 nitrogen and oxygen atoms in total. The summed E-state index contributed by atoms with van der Waals surface area (Å²) in [5.41, 5.74) is 1.36. The van der Waals surface area contributed by atoms with E-state index in [1.165, 1.54) is 6.26 Å². The zero-order valence-corrected chi connectivity index (χ0v) is 12.9. The van der Waals surface area contributed by atoms with Crippen molar-refractivity contribution in [3.8, 4) is 11.6 Å². The van der Waals surface area contributed by atoms with Gasteiger partial charge in [0.25, 0.3) is 0 Å². The molecule has 0 bridgehead atoms. The second-order valence-corrected chi connectivity index (χ2v) is 7.06. The van der Waals surface area contributed by atoms with Gasteiger partial charge in [-0.3, -0.25) is 0 Å². The van der Waals surface area contributed by atoms with Crippen LogP contribution in [0.5, 0.6) is 0 Å². The van der Waals surface area contributed by atoms with Crippen LogP contribution in [-0.4, -0.2) is 23.7 Å². The van der Waals surface area contributed by atoms with Gasteiger partial charge in [0.2, 0.25) is 11.7 Å². The van der Waals surface area contributed by atoms with Gasteiger partial charge in [-0.2, -0.15) is 4.98 Å². The molecule has 0 aliphatic heterocycles. The van der Waals surface area contributed by atoms with Gasteiger partial charge in [0.1, 0.15) is 5.75 Å². The van der Waals surface area contributed by atoms with Gasteiger partial charge in [0.05, 0.1) is 18.6 Å². The van der Waals surface area contributed by atoms with E-state index in [0.29, 0.717) is 11.3 Å². The lowest BCUT2D eigenvalue weighted by atomic mass is 10.2. The van der Waals surface area contributed by atoms with Gasteiger partial charge in [0.15, 0.2) is 15.6 Å². The molecule has 0 saturated heterocycles. The predicted molar refractivity (Wildman–Crippen MR) is 80.7 cm³/mol. The van der Waals surface area contributed by atoms with E-state index < -0.39 is 9.84 Å². The van der Waals surface area contributed by atoms with Crippen molar-refractivity contribution in [2.24, 2.45) is 0 Å². The van der Waals surface area contributed by atoms with Crippen molar-refractivity contribution in [1.82, 2.24) is 10.1 Å². The molecular weight excluding hydrogens is 320 g/mol. The van der Waals surface area contributed by atoms with E-state index in [0.717, 1.165) is 5.56 Å². The molecule has 3 aromatic rings. The smallest absolute Gasteiger partial charge is 0.242 e. The number of sulfone groups is 1. The third-order valence-electron chi connectivity index (χ3n) is 3.15. The molecule has 0 aliphatic carbocycles. The molecule has 0 spiro atoms. The summed E-state index contributed by atoms with van der Waals surface area (Å²) in [4.78, 5) is 4.02. The van der Waals surface area contributed by atoms with Gasteiger partial charge in [-0.25, -0.2) is 8.42 Å². The highest BCUT2D eigenvalue weighted by molar-refractivity contribution is 7.89. The van der Waals surface area contributed by atoms with Crippen molar-refractivity contribution >= 4 is 9.84 Å². The fourth-order valence-electron chi connectivity index (χ4n) is 2.05. The minimum atomic E-state index is -3.45. The van der Waals surface area contributed by atoms with E-state index in [4.69, 9.17) is 14.0 Å². The summed E-state index contributed by atoms with van der Waals surface area (Å²) in [5.74, 6) is 0.160. The molecule has 0 unspecified atom stereocenters. The fourth-order valence-corrected chi connectivity index (χ4v) is 3.35. The lowest BCUT2D eigenvalue weighted by molar-refractivity contribution is 0.282. The molecule has 0 saturated carbocycles. The van der Waals surface area contributed by atoms with Crippen molar-refractivity contribution in [3.63, 3.8) is 0 Å². The maximum atomic E-state index is 12.2. The molecule has 23 heavy (non-hydrogen) atoms. The third-order valence-corrected chi connectivity index (χ3v) is 4.61. The number of furan rings is 1. The van der Waals surface area contributed by atoms with Crippen molar-refractivity contribution in [2.75, 3.05) is 0 Å². The molecular formula is C15H14N2O5S. The summed E-state index contributed by atoms with van der Waals surface area (Å²) in [6.45, 7) is -0.0788. The topological polar surface area (TPSA) is 106 Å². The number of aromatic nitrogens is 2. The van der Waals surface area contributed by atoms with E-state index in [-0.39, 0.29) is 29.8 Å². The maximum absolute atomic E-state index is 12.2. The first-order valence-electron chi connectivity index (χ1n) is 6.81. The van der Waals surface area contributed by atoms with E-state index >= 15 is 0 Å². The Kier molecular flexibility index (Phi) is 4.26. The Morgan fingerprint density at radius 1 is 1.04 bits per heavy atom. The Morgan fingerprint density at radius 3 is 2.43 bits per heavy atom. The quantitative estimate of drug-likeness (QED) is 0.734. The van der Waals surface area contributed by atoms with Gasteiger partial charge in [-0.15, -0.1) is 0 Å². The summed E-state index contributed by atoms with van der Waals surface area (Å²) in [6, 6.07) is 10.1. The summed E-state index contributed by atoms with van der Waals surface area (Å²) in [7, 11) is -3.45. The van der Waals surface area contributed by atoms with E-state index in [1.807, 2.05) is 0 Å². The zero-order valence-electron chi connectivity index (χ0n) is 12.0. The van der Waals surface area contributed by atoms with E-state index in [9.17, 15) is 8.42 Å². The van der Waals surface area contributed by atoms with Crippen molar-refractivity contribution in [1.29, 1.82) is 0 Å². The van der Waals surface area contributed by atoms with Gasteiger partial charge in [-0.05, 0) is 23.3 Å². The fraction of sp³-hybridized carbons (Fsp3) is 0.200. The van der Waals surface area contributed by atoms with E-state index in [1.54, 1.807) is 36.4 Å². The van der Waals surface area contributed by atoms with Crippen molar-refractivity contribution < 1.29 is 22.5 Å². The summed E-state index contributed by atoms with van der Waals surface area (Å²) in [6.07, 6.45) is 1.47. The third kappa shape index (κ3) is 3.85. The van der Waals surface area contributed by atoms with Crippen LogP contribution in [0.2, 0.25) is 0 Å². The van der Waals surface area contributed by atoms with Crippen LogP contribution in [0.15, 0.2) is 51.6 Å². The molecule has 0 amide bonds. The molecule has 120 valence electrons. The van der Waals surface area contributed by atoms with E-state index in [2.05, 4.69) is 10.1 Å². The number of aliphatic hydroxyl groups excluding tert-OH is 1. The summed E-state index contributed by atoms with van der Waals surface area (Å²) < 4.78 is 34.5. The van der Waals surface area contributed by atoms with Crippen LogP contribution in [-0.2, 0) is 27.9 Å². The normalized spacial score (nSPS) is 11.7. The highest BCUT2D eigenvalue weighted by Crippen LogP contribution is 2.18. The molecule has 0 radical (unpaired) electrons. The Labute approximate surface area is 132 Å². The number of benzene rings is 1. The average molecular weight is 334 g/mol. The van der Waals surface area contributed by atoms with Crippen molar-refractivity contribution in [2.45, 2.75) is 18.1 Å². The standard InChI is InChI=1S/C15H14N2O5S/c18-8-11-3-5-12(6-4-11)9-23(19,20)10-14-16-15(17-22-14)13-2-1-7-21-13/h1-7,18H,8-10H2. The molecule has 0 fully saturated rings. The number of rotatable bonds is 6. The van der Waals surface area contributed by atoms with Crippen LogP contribution < -0.4 is 0 Å². The Morgan fingerprint density at radius 2 is 1.78 bits per heavy atom. The van der Waals surface area contributed by atoms with Crippen molar-refractivity contribution in [3.05, 3.63) is 59.7 Å². The number of hydrogen-bond acceptors (Lipinski definition) is 7. The zero-order chi connectivity index (χ0) is 16.3. The number of nitrogens with zero attached hydrogens (tertiary/aromatic N) is 2. The number of hydrogen-bond donors (Lipinski definition) is 1. The molecule has 2 heterocycles. The first kappa shape index (κ1) is 15.4. The second-order valence-electron chi connectivity index (χ2n) is 5.00. The minimum Gasteiger partial charge on any atom is -0.461 e. The Balaban J connectivity index is 1.70. The predicted octanol–water partition coefficient (Wildman–Crippen LogP) is 1.94. The Bertz CT molecular complexity index is 867. The highest BCUT2D eigenvalue weighted by Gasteiger charge is 2.19. The molecule has 0 atom stereocenters. The molecule has 3 rings (SSSR count). The largest absolute Gasteiger partial charge is 0.461 e. The first-order chi connectivity index (χ1) is 11.1. The van der Waals surface area contributed by atoms with Crippen LogP contribution in [0.4, 0.5) is 0 Å². The molecule has 8 heteroatoms. The monoisotopic (exact) mass is 334 g/mol. The van der Waals surface area contributed by atoms with Gasteiger partial charge in [-0.1, -0.05) is 29.4 Å². The van der Waals surface area contributed by atoms with Crippen LogP contribution in [0.3, 0.4) is 0 Å². The van der Waals surface area contributed by atoms with Crippen LogP contribution in [0.25, 0.3) is 11.6 Å². The summed E-state index contributed by atoms with van der Waals surface area (Å²) in [5, 5.41) is 12.7. The lowest BCUT2D eigenvalue weighted by Crippen LogP contribution is -2.08. The SMILES string of the molecule is O=S(=O)(Cc1ccc(CO)cc1)Cc1nc(-c2ccco2)no1. The molecule has 2 aromatic heterocycles. The van der Waals surface area contributed by atoms with Crippen LogP contribution >= 0.6 is 0 Å². The lowest BCUT2D eigenvalue weighted by Gasteiger charge is -2.03. The van der Waals surface area contributed by atoms with Gasteiger partial charge < -0.3 is 14.0 Å². The minimum absolute atomic E-state index is 0.0170. The first-order valence-corrected chi connectivity index (χ1v) is 8.63. The molecule has 1 aromatic carbocycles. The Hall–Kier alpha value is -2.45. The van der Waals surface area contributed by atoms with Crippen LogP contribution in [0, 0.1) is 0 Å². The maximum Gasteiger partial charge on any atom is 0.242 e. The average Bonchev–Trinajstić information content (AvgIpc) is 3.18. The highest BCUT2D eigenvalue weighted by atomic mass is 32.2. The van der Waals surface area contributed by atoms with Gasteiger partial charge in [0, 0.05) is 0 Å². The second kappa shape index (κ2) is 6.35. The van der Waals surface area contributed by atoms with Crippen LogP contribution in [0.1, 0.15) is 17.0 Å². The summed E-state index contributed by atoms with van der Waals surface area (Å²) >= 11 is 0.